The lowest BCUT2D eigenvalue weighted by Crippen LogP contribution is -2.39. The Bertz CT molecular complexity index is 592. The van der Waals surface area contributed by atoms with Crippen LogP contribution in [0.15, 0.2) is 12.4 Å². The van der Waals surface area contributed by atoms with Crippen LogP contribution in [0, 0.1) is 0 Å². The molecule has 1 atom stereocenters. The predicted molar refractivity (Wildman–Crippen MR) is 82.4 cm³/mol. The first-order valence-corrected chi connectivity index (χ1v) is 7.97. The van der Waals surface area contributed by atoms with E-state index >= 15 is 0 Å². The number of nitrogens with zero attached hydrogens (tertiary/aromatic N) is 5. The van der Waals surface area contributed by atoms with Gasteiger partial charge in [-0.05, 0) is 18.4 Å². The fourth-order valence-electron chi connectivity index (χ4n) is 2.75. The molecule has 0 aromatic carbocycles. The van der Waals surface area contributed by atoms with E-state index in [9.17, 15) is 0 Å². The Morgan fingerprint density at radius 3 is 3.09 bits per heavy atom. The maximum Gasteiger partial charge on any atom is 0.180 e. The zero-order valence-corrected chi connectivity index (χ0v) is 13.3. The van der Waals surface area contributed by atoms with Crippen LogP contribution in [-0.2, 0) is 24.6 Å². The highest BCUT2D eigenvalue weighted by Gasteiger charge is 2.25. The zero-order valence-electron chi connectivity index (χ0n) is 13.3. The van der Waals surface area contributed by atoms with E-state index in [1.807, 2.05) is 17.9 Å². The quantitative estimate of drug-likeness (QED) is 0.865. The summed E-state index contributed by atoms with van der Waals surface area (Å²) in [5.41, 5.74) is 1.27. The largest absolute Gasteiger partial charge is 0.367 e. The molecule has 2 aromatic heterocycles. The van der Waals surface area contributed by atoms with Crippen molar-refractivity contribution < 1.29 is 4.74 Å². The van der Waals surface area contributed by atoms with Crippen molar-refractivity contribution >= 4 is 0 Å². The minimum Gasteiger partial charge on any atom is -0.367 e. The molecule has 0 saturated carbocycles. The summed E-state index contributed by atoms with van der Waals surface area (Å²) >= 11 is 0. The van der Waals surface area contributed by atoms with Gasteiger partial charge in [0.25, 0.3) is 0 Å². The highest BCUT2D eigenvalue weighted by atomic mass is 16.5. The van der Waals surface area contributed by atoms with Crippen LogP contribution in [0.25, 0.3) is 0 Å². The van der Waals surface area contributed by atoms with Crippen molar-refractivity contribution in [2.75, 3.05) is 26.2 Å². The molecular formula is C15H24N6O. The summed E-state index contributed by atoms with van der Waals surface area (Å²) in [6.07, 6.45) is 7.00. The molecule has 0 bridgehead atoms. The number of H-pyrrole nitrogens is 1. The lowest BCUT2D eigenvalue weighted by molar-refractivity contribution is -0.0337. The minimum absolute atomic E-state index is 0.0236. The monoisotopic (exact) mass is 304 g/mol. The van der Waals surface area contributed by atoms with Crippen LogP contribution in [-0.4, -0.2) is 56.1 Å². The van der Waals surface area contributed by atoms with Crippen LogP contribution in [0.5, 0.6) is 0 Å². The molecule has 7 nitrogen and oxygen atoms in total. The Hall–Kier alpha value is -1.73. The second kappa shape index (κ2) is 7.02. The predicted octanol–water partition coefficient (Wildman–Crippen LogP) is 1.11. The van der Waals surface area contributed by atoms with Gasteiger partial charge in [0.15, 0.2) is 5.82 Å². The van der Waals surface area contributed by atoms with E-state index in [2.05, 4.69) is 38.3 Å². The van der Waals surface area contributed by atoms with Crippen molar-refractivity contribution in [3.63, 3.8) is 0 Å². The number of ether oxygens (including phenoxy) is 1. The van der Waals surface area contributed by atoms with Gasteiger partial charge in [-0.15, -0.1) is 0 Å². The number of morpholine rings is 1. The van der Waals surface area contributed by atoms with Gasteiger partial charge < -0.3 is 4.74 Å². The molecule has 22 heavy (non-hydrogen) atoms. The van der Waals surface area contributed by atoms with Crippen molar-refractivity contribution in [1.82, 2.24) is 29.9 Å². The van der Waals surface area contributed by atoms with E-state index in [1.54, 1.807) is 0 Å². The van der Waals surface area contributed by atoms with Crippen LogP contribution in [0.4, 0.5) is 0 Å². The van der Waals surface area contributed by atoms with Gasteiger partial charge in [-0.3, -0.25) is 14.7 Å². The maximum atomic E-state index is 5.84. The molecule has 1 N–H and O–H groups in total. The summed E-state index contributed by atoms with van der Waals surface area (Å²) in [7, 11) is 1.95. The Labute approximate surface area is 130 Å². The molecule has 0 unspecified atom stereocenters. The summed E-state index contributed by atoms with van der Waals surface area (Å²) in [4.78, 5) is 6.96. The van der Waals surface area contributed by atoms with E-state index in [1.165, 1.54) is 5.56 Å². The molecule has 1 fully saturated rings. The first-order chi connectivity index (χ1) is 10.7. The number of hydrogen-bond donors (Lipinski definition) is 1. The van der Waals surface area contributed by atoms with Gasteiger partial charge in [-0.1, -0.05) is 6.92 Å². The van der Waals surface area contributed by atoms with Crippen molar-refractivity contribution in [1.29, 1.82) is 0 Å². The summed E-state index contributed by atoms with van der Waals surface area (Å²) in [6, 6.07) is 0. The molecule has 0 radical (unpaired) electrons. The summed E-state index contributed by atoms with van der Waals surface area (Å²) in [5, 5.41) is 11.5. The van der Waals surface area contributed by atoms with Crippen molar-refractivity contribution in [2.45, 2.75) is 32.3 Å². The minimum atomic E-state index is -0.0236. The average molecular weight is 304 g/mol. The van der Waals surface area contributed by atoms with Crippen LogP contribution < -0.4 is 0 Å². The van der Waals surface area contributed by atoms with Crippen molar-refractivity contribution in [3.05, 3.63) is 29.6 Å². The van der Waals surface area contributed by atoms with E-state index in [0.717, 1.165) is 57.2 Å². The van der Waals surface area contributed by atoms with Gasteiger partial charge in [0.2, 0.25) is 0 Å². The molecule has 3 heterocycles. The van der Waals surface area contributed by atoms with E-state index in [-0.39, 0.29) is 6.10 Å². The zero-order chi connectivity index (χ0) is 15.4. The highest BCUT2D eigenvalue weighted by Crippen LogP contribution is 2.19. The fraction of sp³-hybridized carbons (Fsp3) is 0.667. The van der Waals surface area contributed by atoms with E-state index in [0.29, 0.717) is 0 Å². The fourth-order valence-corrected chi connectivity index (χ4v) is 2.75. The maximum absolute atomic E-state index is 5.84. The Morgan fingerprint density at radius 2 is 2.32 bits per heavy atom. The van der Waals surface area contributed by atoms with Crippen molar-refractivity contribution in [3.8, 4) is 0 Å². The molecule has 1 aliphatic heterocycles. The summed E-state index contributed by atoms with van der Waals surface area (Å²) in [5.74, 6) is 1.74. The van der Waals surface area contributed by atoms with Gasteiger partial charge in [-0.2, -0.15) is 10.2 Å². The highest BCUT2D eigenvalue weighted by molar-refractivity contribution is 5.04. The van der Waals surface area contributed by atoms with Crippen LogP contribution in [0.2, 0.25) is 0 Å². The summed E-state index contributed by atoms with van der Waals surface area (Å²) in [6.45, 7) is 5.69. The topological polar surface area (TPSA) is 71.9 Å². The molecule has 1 aliphatic rings. The Morgan fingerprint density at radius 1 is 1.41 bits per heavy atom. The first kappa shape index (κ1) is 15.2. The molecular weight excluding hydrogens is 280 g/mol. The smallest absolute Gasteiger partial charge is 0.180 e. The molecule has 7 heteroatoms. The van der Waals surface area contributed by atoms with Crippen molar-refractivity contribution in [2.24, 2.45) is 7.05 Å². The third kappa shape index (κ3) is 3.72. The molecule has 2 aromatic rings. The second-order valence-corrected chi connectivity index (χ2v) is 5.82. The van der Waals surface area contributed by atoms with Gasteiger partial charge in [-0.25, -0.2) is 4.98 Å². The molecule has 120 valence electrons. The number of nitrogens with one attached hydrogen (secondary N) is 1. The lowest BCUT2D eigenvalue weighted by atomic mass is 10.2. The van der Waals surface area contributed by atoms with Gasteiger partial charge in [0, 0.05) is 39.3 Å². The number of aromatic nitrogens is 5. The first-order valence-electron chi connectivity index (χ1n) is 7.97. The second-order valence-electron chi connectivity index (χ2n) is 5.82. The molecule has 0 amide bonds. The molecule has 0 aliphatic carbocycles. The molecule has 3 rings (SSSR count). The molecule has 1 saturated heterocycles. The average Bonchev–Trinajstić information content (AvgIpc) is 3.15. The van der Waals surface area contributed by atoms with Crippen LogP contribution in [0.1, 0.15) is 36.7 Å². The SMILES string of the molecule is CCCc1nc([C@@H]2CN(CCc3cnn(C)c3)CCO2)n[nH]1. The lowest BCUT2D eigenvalue weighted by Gasteiger charge is -2.31. The van der Waals surface area contributed by atoms with Crippen LogP contribution >= 0.6 is 0 Å². The third-order valence-corrected chi connectivity index (χ3v) is 3.95. The van der Waals surface area contributed by atoms with E-state index in [4.69, 9.17) is 4.74 Å². The Balaban J connectivity index is 1.54. The van der Waals surface area contributed by atoms with Gasteiger partial charge in [0.1, 0.15) is 11.9 Å². The van der Waals surface area contributed by atoms with E-state index < -0.39 is 0 Å². The standard InChI is InChI=1S/C15H24N6O/c1-3-4-14-17-15(19-18-14)13-11-21(7-8-22-13)6-5-12-9-16-20(2)10-12/h9-10,13H,3-8,11H2,1-2H3,(H,17,18,19)/t13-/m0/s1. The number of aryl methyl sites for hydroxylation is 2. The third-order valence-electron chi connectivity index (χ3n) is 3.95. The number of rotatable bonds is 6. The number of aromatic amines is 1. The Kier molecular flexibility index (Phi) is 4.84. The normalized spacial score (nSPS) is 19.6. The van der Waals surface area contributed by atoms with Crippen LogP contribution in [0.3, 0.4) is 0 Å². The number of hydrogen-bond acceptors (Lipinski definition) is 5. The summed E-state index contributed by atoms with van der Waals surface area (Å²) < 4.78 is 7.69. The molecule has 0 spiro atoms. The van der Waals surface area contributed by atoms with Gasteiger partial charge >= 0.3 is 0 Å². The van der Waals surface area contributed by atoms with Gasteiger partial charge in [0.05, 0.1) is 12.8 Å².